The van der Waals surface area contributed by atoms with Gasteiger partial charge in [0.2, 0.25) is 6.29 Å². The molecule has 5 heteroatoms. The van der Waals surface area contributed by atoms with Crippen molar-refractivity contribution in [3.63, 3.8) is 0 Å². The van der Waals surface area contributed by atoms with E-state index in [1.807, 2.05) is 13.8 Å². The molecule has 0 amide bonds. The van der Waals surface area contributed by atoms with E-state index in [4.69, 9.17) is 13.9 Å². The van der Waals surface area contributed by atoms with Crippen molar-refractivity contribution in [2.45, 2.75) is 136 Å². The van der Waals surface area contributed by atoms with Gasteiger partial charge >= 0.3 is 0 Å². The summed E-state index contributed by atoms with van der Waals surface area (Å²) in [6.45, 7) is 13.9. The van der Waals surface area contributed by atoms with Gasteiger partial charge in [0.05, 0.1) is 6.10 Å². The zero-order chi connectivity index (χ0) is 30.7. The summed E-state index contributed by atoms with van der Waals surface area (Å²) in [6, 6.07) is 21.3. The lowest BCUT2D eigenvalue weighted by Crippen LogP contribution is -2.68. The SMILES string of the molecule is CCCCCCCCCCCC[C@H](O[Si](c1ccccc1)(c1ccccc1)C(C)(C)C)C(O)C#CC(OCC)OCC. The second-order valence-corrected chi connectivity index (χ2v) is 16.5. The van der Waals surface area contributed by atoms with Gasteiger partial charge in [-0.3, -0.25) is 0 Å². The Kier molecular flexibility index (Phi) is 17.3. The number of rotatable bonds is 20. The third kappa shape index (κ3) is 11.6. The Bertz CT molecular complexity index is 963. The minimum atomic E-state index is -2.85. The van der Waals surface area contributed by atoms with Crippen molar-refractivity contribution in [2.75, 3.05) is 13.2 Å². The van der Waals surface area contributed by atoms with E-state index in [0.29, 0.717) is 13.2 Å². The normalized spacial score (nSPS) is 13.5. The van der Waals surface area contributed by atoms with E-state index in [2.05, 4.69) is 100 Å². The molecule has 0 aliphatic heterocycles. The predicted octanol–water partition coefficient (Wildman–Crippen LogP) is 8.01. The highest BCUT2D eigenvalue weighted by atomic mass is 28.4. The van der Waals surface area contributed by atoms with Crippen molar-refractivity contribution in [3.05, 3.63) is 60.7 Å². The zero-order valence-electron chi connectivity index (χ0n) is 27.4. The molecule has 2 rings (SSSR count). The number of ether oxygens (including phenoxy) is 2. The van der Waals surface area contributed by atoms with Crippen LogP contribution in [-0.4, -0.2) is 45.1 Å². The highest BCUT2D eigenvalue weighted by molar-refractivity contribution is 6.99. The molecule has 0 saturated heterocycles. The molecule has 0 aliphatic carbocycles. The highest BCUT2D eigenvalue weighted by Crippen LogP contribution is 2.38. The fourth-order valence-electron chi connectivity index (χ4n) is 5.71. The van der Waals surface area contributed by atoms with Gasteiger partial charge in [-0.25, -0.2) is 0 Å². The first-order valence-electron chi connectivity index (χ1n) is 16.5. The van der Waals surface area contributed by atoms with Crippen LogP contribution in [0.4, 0.5) is 0 Å². The quantitative estimate of drug-likeness (QED) is 0.0730. The van der Waals surface area contributed by atoms with E-state index >= 15 is 0 Å². The third-order valence-corrected chi connectivity index (χ3v) is 13.0. The molecular formula is C37H58O4Si. The number of hydrogen-bond acceptors (Lipinski definition) is 4. The van der Waals surface area contributed by atoms with Crippen molar-refractivity contribution in [1.82, 2.24) is 0 Å². The Morgan fingerprint density at radius 3 is 1.55 bits per heavy atom. The molecule has 0 spiro atoms. The molecule has 2 aromatic rings. The van der Waals surface area contributed by atoms with Crippen molar-refractivity contribution in [1.29, 1.82) is 0 Å². The number of aliphatic hydroxyl groups is 1. The van der Waals surface area contributed by atoms with Crippen LogP contribution < -0.4 is 10.4 Å². The summed E-state index contributed by atoms with van der Waals surface area (Å²) in [5.41, 5.74) is 0. The fraction of sp³-hybridized carbons (Fsp3) is 0.622. The molecule has 0 fully saturated rings. The van der Waals surface area contributed by atoms with E-state index in [0.717, 1.165) is 19.3 Å². The molecule has 0 saturated carbocycles. The van der Waals surface area contributed by atoms with Crippen LogP contribution in [0.25, 0.3) is 0 Å². The molecule has 42 heavy (non-hydrogen) atoms. The van der Waals surface area contributed by atoms with Crippen molar-refractivity contribution < 1.29 is 19.0 Å². The first-order valence-corrected chi connectivity index (χ1v) is 18.4. The van der Waals surface area contributed by atoms with Crippen LogP contribution in [0, 0.1) is 11.8 Å². The number of unbranched alkanes of at least 4 members (excludes halogenated alkanes) is 9. The van der Waals surface area contributed by atoms with E-state index in [1.165, 1.54) is 61.7 Å². The maximum atomic E-state index is 11.6. The monoisotopic (exact) mass is 594 g/mol. The summed E-state index contributed by atoms with van der Waals surface area (Å²) in [5.74, 6) is 6.10. The summed E-state index contributed by atoms with van der Waals surface area (Å²) >= 11 is 0. The van der Waals surface area contributed by atoms with Crippen molar-refractivity contribution >= 4 is 18.7 Å². The van der Waals surface area contributed by atoms with Gasteiger partial charge < -0.3 is 19.0 Å². The maximum absolute atomic E-state index is 11.6. The maximum Gasteiger partial charge on any atom is 0.261 e. The highest BCUT2D eigenvalue weighted by Gasteiger charge is 2.52. The van der Waals surface area contributed by atoms with Gasteiger partial charge in [0.1, 0.15) is 6.10 Å². The minimum Gasteiger partial charge on any atom is -0.401 e. The molecule has 234 valence electrons. The standard InChI is InChI=1S/C37H58O4Si/c1-7-10-11-12-13-14-15-16-17-24-29-35(34(38)30-31-36(39-8-2)40-9-3)41-42(37(4,5)6,32-25-20-18-21-26-32)33-27-22-19-23-28-33/h18-23,25-28,34-36,38H,7-17,24,29H2,1-6H3/t34?,35-/m0/s1. The van der Waals surface area contributed by atoms with Gasteiger partial charge in [-0.2, -0.15) is 0 Å². The lowest BCUT2D eigenvalue weighted by Gasteiger charge is -2.45. The minimum absolute atomic E-state index is 0.182. The Balaban J connectivity index is 2.32. The van der Waals surface area contributed by atoms with Gasteiger partial charge in [-0.15, -0.1) is 0 Å². The average molecular weight is 595 g/mol. The molecular weight excluding hydrogens is 536 g/mol. The van der Waals surface area contributed by atoms with Gasteiger partial charge in [0, 0.05) is 13.2 Å². The summed E-state index contributed by atoms with van der Waals surface area (Å²) < 4.78 is 18.6. The smallest absolute Gasteiger partial charge is 0.261 e. The predicted molar refractivity (Wildman–Crippen MR) is 180 cm³/mol. The second kappa shape index (κ2) is 20.1. The van der Waals surface area contributed by atoms with Crippen LogP contribution >= 0.6 is 0 Å². The van der Waals surface area contributed by atoms with Gasteiger partial charge in [-0.1, -0.05) is 158 Å². The van der Waals surface area contributed by atoms with Crippen LogP contribution in [-0.2, 0) is 13.9 Å². The molecule has 0 bridgehead atoms. The van der Waals surface area contributed by atoms with Gasteiger partial charge in [0.15, 0.2) is 0 Å². The molecule has 1 unspecified atom stereocenters. The third-order valence-electron chi connectivity index (χ3n) is 7.92. The summed E-state index contributed by atoms with van der Waals surface area (Å²) in [4.78, 5) is 0. The Morgan fingerprint density at radius 2 is 1.12 bits per heavy atom. The van der Waals surface area contributed by atoms with Crippen LogP contribution in [0.2, 0.25) is 5.04 Å². The number of aliphatic hydroxyl groups excluding tert-OH is 1. The van der Waals surface area contributed by atoms with Gasteiger partial charge in [-0.05, 0) is 41.6 Å². The van der Waals surface area contributed by atoms with Crippen LogP contribution in [0.3, 0.4) is 0 Å². The van der Waals surface area contributed by atoms with E-state index in [9.17, 15) is 5.11 Å². The lowest BCUT2D eigenvalue weighted by atomic mass is 10.0. The molecule has 0 radical (unpaired) electrons. The molecule has 4 nitrogen and oxygen atoms in total. The summed E-state index contributed by atoms with van der Waals surface area (Å²) in [7, 11) is -2.85. The van der Waals surface area contributed by atoms with E-state index in [1.54, 1.807) is 0 Å². The second-order valence-electron chi connectivity index (χ2n) is 12.3. The molecule has 2 atom stereocenters. The Labute approximate surface area is 258 Å². The average Bonchev–Trinajstić information content (AvgIpc) is 2.98. The van der Waals surface area contributed by atoms with Crippen LogP contribution in [0.1, 0.15) is 112 Å². The first kappa shape index (κ1) is 36.2. The Hall–Kier alpha value is -1.94. The molecule has 0 heterocycles. The van der Waals surface area contributed by atoms with Crippen LogP contribution in [0.5, 0.6) is 0 Å². The molecule has 0 aliphatic rings. The number of hydrogen-bond donors (Lipinski definition) is 1. The molecule has 1 N–H and O–H groups in total. The summed E-state index contributed by atoms with van der Waals surface area (Å²) in [5, 5.41) is 13.8. The molecule has 2 aromatic carbocycles. The number of benzene rings is 2. The van der Waals surface area contributed by atoms with E-state index in [-0.39, 0.29) is 5.04 Å². The fourth-order valence-corrected chi connectivity index (χ4v) is 10.4. The van der Waals surface area contributed by atoms with Crippen molar-refractivity contribution in [2.24, 2.45) is 0 Å². The summed E-state index contributed by atoms with van der Waals surface area (Å²) in [6.07, 6.45) is 11.4. The largest absolute Gasteiger partial charge is 0.401 e. The van der Waals surface area contributed by atoms with Gasteiger partial charge in [0.25, 0.3) is 8.32 Å². The van der Waals surface area contributed by atoms with E-state index < -0.39 is 26.8 Å². The van der Waals surface area contributed by atoms with Crippen LogP contribution in [0.15, 0.2) is 60.7 Å². The zero-order valence-corrected chi connectivity index (χ0v) is 28.4. The topological polar surface area (TPSA) is 47.9 Å². The first-order chi connectivity index (χ1) is 20.3. The molecule has 0 aromatic heterocycles. The Morgan fingerprint density at radius 1 is 0.667 bits per heavy atom. The van der Waals surface area contributed by atoms with Crippen molar-refractivity contribution in [3.8, 4) is 11.8 Å². The lowest BCUT2D eigenvalue weighted by molar-refractivity contribution is -0.0972.